The summed E-state index contributed by atoms with van der Waals surface area (Å²) >= 11 is 3.40. The summed E-state index contributed by atoms with van der Waals surface area (Å²) in [6.45, 7) is -0.246. The van der Waals surface area contributed by atoms with Gasteiger partial charge in [-0.3, -0.25) is 4.79 Å². The average molecular weight is 509 g/mol. The van der Waals surface area contributed by atoms with Crippen LogP contribution >= 0.6 is 15.9 Å². The zero-order valence-electron chi connectivity index (χ0n) is 16.9. The number of aromatic nitrogens is 2. The maximum absolute atomic E-state index is 13.4. The van der Waals surface area contributed by atoms with Crippen LogP contribution in [0.15, 0.2) is 65.1 Å². The minimum Gasteiger partial charge on any atom is -0.483 e. The molecule has 0 aliphatic heterocycles. The number of carbonyl (C=O) groups is 1. The van der Waals surface area contributed by atoms with Crippen molar-refractivity contribution in [3.05, 3.63) is 88.2 Å². The Kier molecular flexibility index (Phi) is 6.47. The maximum Gasteiger partial charge on any atom is 0.262 e. The number of nitriles is 1. The largest absolute Gasteiger partial charge is 0.483 e. The summed E-state index contributed by atoms with van der Waals surface area (Å²) < 4.78 is 32.5. The summed E-state index contributed by atoms with van der Waals surface area (Å²) in [4.78, 5) is 19.3. The SMILES string of the molecule is N#C/C(=C/c1ccc(OCC(=O)Nc2ccc(F)cc2)c(Br)c1)c1nc2ccc(F)cc2[nH]1. The highest BCUT2D eigenvalue weighted by atomic mass is 79.9. The van der Waals surface area contributed by atoms with Gasteiger partial charge in [-0.05, 0) is 82.2 Å². The van der Waals surface area contributed by atoms with Crippen molar-refractivity contribution >= 4 is 50.2 Å². The van der Waals surface area contributed by atoms with E-state index in [1.165, 1.54) is 42.5 Å². The lowest BCUT2D eigenvalue weighted by Crippen LogP contribution is -2.20. The number of imidazole rings is 1. The van der Waals surface area contributed by atoms with E-state index >= 15 is 0 Å². The Hall–Kier alpha value is -4.03. The quantitative estimate of drug-likeness (QED) is 0.327. The fraction of sp³-hybridized carbons (Fsp3) is 0.0417. The van der Waals surface area contributed by atoms with E-state index in [0.29, 0.717) is 38.3 Å². The summed E-state index contributed by atoms with van der Waals surface area (Å²) in [7, 11) is 0. The van der Waals surface area contributed by atoms with Crippen molar-refractivity contribution in [1.82, 2.24) is 9.97 Å². The predicted octanol–water partition coefficient (Wildman–Crippen LogP) is 5.69. The Balaban J connectivity index is 1.45. The zero-order valence-corrected chi connectivity index (χ0v) is 18.5. The Bertz CT molecular complexity index is 1410. The molecule has 4 aromatic rings. The molecule has 1 amide bonds. The van der Waals surface area contributed by atoms with E-state index in [4.69, 9.17) is 4.74 Å². The minimum atomic E-state index is -0.398. The van der Waals surface area contributed by atoms with Crippen LogP contribution in [-0.2, 0) is 4.79 Å². The van der Waals surface area contributed by atoms with Gasteiger partial charge in [0.05, 0.1) is 21.1 Å². The van der Waals surface area contributed by atoms with Gasteiger partial charge in [0.15, 0.2) is 6.61 Å². The normalized spacial score (nSPS) is 11.3. The number of rotatable bonds is 6. The molecule has 0 unspecified atom stereocenters. The Morgan fingerprint density at radius 1 is 1.12 bits per heavy atom. The van der Waals surface area contributed by atoms with E-state index < -0.39 is 17.5 Å². The molecule has 0 fully saturated rings. The highest BCUT2D eigenvalue weighted by Crippen LogP contribution is 2.28. The molecular weight excluding hydrogens is 494 g/mol. The number of anilines is 1. The molecule has 6 nitrogen and oxygen atoms in total. The van der Waals surface area contributed by atoms with E-state index in [1.54, 1.807) is 24.3 Å². The molecule has 1 heterocycles. The summed E-state index contributed by atoms with van der Waals surface area (Å²) in [5.41, 5.74) is 2.47. The van der Waals surface area contributed by atoms with Gasteiger partial charge < -0.3 is 15.0 Å². The first kappa shape index (κ1) is 22.2. The fourth-order valence-corrected chi connectivity index (χ4v) is 3.54. The number of nitrogens with one attached hydrogen (secondary N) is 2. The van der Waals surface area contributed by atoms with Crippen molar-refractivity contribution in [2.75, 3.05) is 11.9 Å². The van der Waals surface area contributed by atoms with Gasteiger partial charge in [-0.1, -0.05) is 6.07 Å². The number of allylic oxidation sites excluding steroid dienone is 1. The highest BCUT2D eigenvalue weighted by Gasteiger charge is 2.11. The molecule has 0 aliphatic rings. The maximum atomic E-state index is 13.4. The van der Waals surface area contributed by atoms with Crippen LogP contribution in [0.5, 0.6) is 5.75 Å². The van der Waals surface area contributed by atoms with Crippen molar-refractivity contribution in [2.24, 2.45) is 0 Å². The number of nitrogens with zero attached hydrogens (tertiary/aromatic N) is 2. The van der Waals surface area contributed by atoms with Gasteiger partial charge in [0, 0.05) is 5.69 Å². The number of ether oxygens (including phenoxy) is 1. The minimum absolute atomic E-state index is 0.246. The first-order chi connectivity index (χ1) is 15.9. The number of fused-ring (bicyclic) bond motifs is 1. The molecule has 1 aromatic heterocycles. The average Bonchev–Trinajstić information content (AvgIpc) is 3.21. The van der Waals surface area contributed by atoms with E-state index in [1.807, 2.05) is 0 Å². The van der Waals surface area contributed by atoms with E-state index in [0.717, 1.165) is 0 Å². The number of aromatic amines is 1. The van der Waals surface area contributed by atoms with Crippen LogP contribution < -0.4 is 10.1 Å². The smallest absolute Gasteiger partial charge is 0.262 e. The number of amides is 1. The Morgan fingerprint density at radius 3 is 2.61 bits per heavy atom. The highest BCUT2D eigenvalue weighted by molar-refractivity contribution is 9.10. The van der Waals surface area contributed by atoms with E-state index in [2.05, 4.69) is 37.3 Å². The van der Waals surface area contributed by atoms with Crippen LogP contribution in [0.4, 0.5) is 14.5 Å². The lowest BCUT2D eigenvalue weighted by molar-refractivity contribution is -0.118. The number of H-pyrrole nitrogens is 1. The number of hydrogen-bond donors (Lipinski definition) is 2. The first-order valence-electron chi connectivity index (χ1n) is 9.66. The molecule has 2 N–H and O–H groups in total. The monoisotopic (exact) mass is 508 g/mol. The van der Waals surface area contributed by atoms with Crippen molar-refractivity contribution < 1.29 is 18.3 Å². The van der Waals surface area contributed by atoms with Crippen LogP contribution in [0, 0.1) is 23.0 Å². The third kappa shape index (κ3) is 5.42. The molecule has 9 heteroatoms. The lowest BCUT2D eigenvalue weighted by Gasteiger charge is -2.09. The van der Waals surface area contributed by atoms with Crippen molar-refractivity contribution in [3.63, 3.8) is 0 Å². The second kappa shape index (κ2) is 9.63. The molecule has 0 aliphatic carbocycles. The van der Waals surface area contributed by atoms with Crippen molar-refractivity contribution in [3.8, 4) is 11.8 Å². The number of benzene rings is 3. The van der Waals surface area contributed by atoms with E-state index in [-0.39, 0.29) is 12.2 Å². The Labute approximate surface area is 195 Å². The van der Waals surface area contributed by atoms with Crippen molar-refractivity contribution in [2.45, 2.75) is 0 Å². The van der Waals surface area contributed by atoms with Crippen molar-refractivity contribution in [1.29, 1.82) is 5.26 Å². The molecular formula is C24H15BrF2N4O2. The molecule has 3 aromatic carbocycles. The van der Waals surface area contributed by atoms with Gasteiger partial charge in [-0.25, -0.2) is 13.8 Å². The third-order valence-corrected chi connectivity index (χ3v) is 5.19. The Morgan fingerprint density at radius 2 is 1.88 bits per heavy atom. The van der Waals surface area contributed by atoms with Crippen LogP contribution in [0.3, 0.4) is 0 Å². The van der Waals surface area contributed by atoms with Gasteiger partial charge in [0.25, 0.3) is 5.91 Å². The zero-order chi connectivity index (χ0) is 23.4. The predicted molar refractivity (Wildman–Crippen MR) is 124 cm³/mol. The molecule has 0 spiro atoms. The number of halogens is 3. The van der Waals surface area contributed by atoms with Gasteiger partial charge in [-0.2, -0.15) is 5.26 Å². The molecule has 0 saturated heterocycles. The third-order valence-electron chi connectivity index (χ3n) is 4.57. The van der Waals surface area contributed by atoms with Crippen LogP contribution in [-0.4, -0.2) is 22.5 Å². The standard InChI is InChI=1S/C24H15BrF2N4O2/c25-19-10-14(9-15(12-28)24-30-20-7-4-17(27)11-21(20)31-24)1-8-22(19)33-13-23(32)29-18-5-2-16(26)3-6-18/h1-11H,13H2,(H,29,32)(H,30,31)/b15-9-. The van der Waals surface area contributed by atoms with Crippen LogP contribution in [0.25, 0.3) is 22.7 Å². The molecule has 0 radical (unpaired) electrons. The number of carbonyl (C=O) groups excluding carboxylic acids is 1. The molecule has 164 valence electrons. The van der Waals surface area contributed by atoms with Gasteiger partial charge in [0.2, 0.25) is 0 Å². The van der Waals surface area contributed by atoms with E-state index in [9.17, 15) is 18.8 Å². The summed E-state index contributed by atoms with van der Waals surface area (Å²) in [6, 6.07) is 16.8. The summed E-state index contributed by atoms with van der Waals surface area (Å²) in [6.07, 6.45) is 1.63. The summed E-state index contributed by atoms with van der Waals surface area (Å²) in [5.74, 6) is -0.432. The second-order valence-corrected chi connectivity index (χ2v) is 7.80. The fourth-order valence-electron chi connectivity index (χ4n) is 3.03. The van der Waals surface area contributed by atoms with Crippen LogP contribution in [0.1, 0.15) is 11.4 Å². The molecule has 4 rings (SSSR count). The number of hydrogen-bond acceptors (Lipinski definition) is 4. The molecule has 33 heavy (non-hydrogen) atoms. The lowest BCUT2D eigenvalue weighted by atomic mass is 10.1. The van der Waals surface area contributed by atoms with Gasteiger partial charge in [0.1, 0.15) is 29.3 Å². The molecule has 0 atom stereocenters. The summed E-state index contributed by atoms with van der Waals surface area (Å²) in [5, 5.41) is 12.2. The molecule has 0 bridgehead atoms. The van der Waals surface area contributed by atoms with Crippen LogP contribution in [0.2, 0.25) is 0 Å². The topological polar surface area (TPSA) is 90.8 Å². The second-order valence-electron chi connectivity index (χ2n) is 6.95. The van der Waals surface area contributed by atoms with Gasteiger partial charge in [-0.15, -0.1) is 0 Å². The molecule has 0 saturated carbocycles. The van der Waals surface area contributed by atoms with Gasteiger partial charge >= 0.3 is 0 Å². The first-order valence-corrected chi connectivity index (χ1v) is 10.5.